The average Bonchev–Trinajstić information content (AvgIpc) is 2.90. The van der Waals surface area contributed by atoms with Gasteiger partial charge in [-0.15, -0.1) is 0 Å². The van der Waals surface area contributed by atoms with Gasteiger partial charge in [-0.2, -0.15) is 0 Å². The number of aldehydes is 1. The number of imide groups is 1. The quantitative estimate of drug-likeness (QED) is 0.403. The van der Waals surface area contributed by atoms with E-state index < -0.39 is 0 Å². The summed E-state index contributed by atoms with van der Waals surface area (Å²) in [4.78, 5) is 36.9. The number of halogens is 1. The summed E-state index contributed by atoms with van der Waals surface area (Å²) in [5.41, 5.74) is 2.55. The van der Waals surface area contributed by atoms with Gasteiger partial charge < -0.3 is 0 Å². The van der Waals surface area contributed by atoms with Crippen LogP contribution in [-0.2, 0) is 0 Å². The van der Waals surface area contributed by atoms with Gasteiger partial charge in [-0.25, -0.2) is 0 Å². The highest BCUT2D eigenvalue weighted by Crippen LogP contribution is 2.29. The van der Waals surface area contributed by atoms with Gasteiger partial charge >= 0.3 is 0 Å². The molecule has 26 heavy (non-hydrogen) atoms. The third kappa shape index (κ3) is 3.56. The molecule has 1 heterocycles. The molecule has 3 rings (SSSR count). The van der Waals surface area contributed by atoms with E-state index in [1.165, 1.54) is 4.90 Å². The summed E-state index contributed by atoms with van der Waals surface area (Å²) in [6.45, 7) is 2.49. The van der Waals surface area contributed by atoms with Crippen LogP contribution in [0.4, 0.5) is 0 Å². The minimum absolute atomic E-state index is 0.199. The molecule has 0 spiro atoms. The molecule has 0 saturated carbocycles. The predicted octanol–water partition coefficient (Wildman–Crippen LogP) is 4.72. The number of rotatable bonds is 7. The Kier molecular flexibility index (Phi) is 5.52. The van der Waals surface area contributed by atoms with Crippen molar-refractivity contribution >= 4 is 29.7 Å². The SMILES string of the molecule is CC(CCCCN1C(=O)c2ccccc2C1=O)c1cc(C=O)ccc1Cl. The van der Waals surface area contributed by atoms with Crippen molar-refractivity contribution in [3.05, 3.63) is 69.7 Å². The molecule has 1 unspecified atom stereocenters. The molecule has 4 nitrogen and oxygen atoms in total. The monoisotopic (exact) mass is 369 g/mol. The van der Waals surface area contributed by atoms with Crippen molar-refractivity contribution < 1.29 is 14.4 Å². The lowest BCUT2D eigenvalue weighted by Gasteiger charge is -2.16. The van der Waals surface area contributed by atoms with E-state index >= 15 is 0 Å². The van der Waals surface area contributed by atoms with E-state index in [1.54, 1.807) is 36.4 Å². The molecule has 5 heteroatoms. The van der Waals surface area contributed by atoms with Gasteiger partial charge in [0, 0.05) is 17.1 Å². The van der Waals surface area contributed by atoms with E-state index in [4.69, 9.17) is 11.6 Å². The molecule has 0 bridgehead atoms. The standard InChI is InChI=1S/C21H20ClNO3/c1-14(18-12-15(13-24)9-10-19(18)22)6-4-5-11-23-20(25)16-7-2-3-8-17(16)21(23)26/h2-3,7-10,12-14H,4-6,11H2,1H3. The zero-order valence-corrected chi connectivity index (χ0v) is 15.3. The topological polar surface area (TPSA) is 54.5 Å². The summed E-state index contributed by atoms with van der Waals surface area (Å²) in [6.07, 6.45) is 3.27. The van der Waals surface area contributed by atoms with Crippen LogP contribution in [0.5, 0.6) is 0 Å². The molecular weight excluding hydrogens is 350 g/mol. The van der Waals surface area contributed by atoms with Gasteiger partial charge in [0.05, 0.1) is 11.1 Å². The number of unbranched alkanes of at least 4 members (excludes halogenated alkanes) is 1. The highest BCUT2D eigenvalue weighted by atomic mass is 35.5. The molecule has 1 atom stereocenters. The molecule has 0 aliphatic carbocycles. The van der Waals surface area contributed by atoms with Crippen LogP contribution in [0.1, 0.15) is 68.7 Å². The first kappa shape index (κ1) is 18.3. The lowest BCUT2D eigenvalue weighted by Crippen LogP contribution is -2.30. The lowest BCUT2D eigenvalue weighted by molar-refractivity contribution is 0.0651. The maximum absolute atomic E-state index is 12.3. The largest absolute Gasteiger partial charge is 0.298 e. The van der Waals surface area contributed by atoms with Gasteiger partial charge in [-0.05, 0) is 48.6 Å². The summed E-state index contributed by atoms with van der Waals surface area (Å²) in [6, 6.07) is 12.2. The average molecular weight is 370 g/mol. The van der Waals surface area contributed by atoms with E-state index in [0.29, 0.717) is 28.3 Å². The van der Waals surface area contributed by atoms with Crippen LogP contribution in [0.3, 0.4) is 0 Å². The predicted molar refractivity (Wildman–Crippen MR) is 101 cm³/mol. The Morgan fingerprint density at radius 2 is 1.69 bits per heavy atom. The second-order valence-corrected chi connectivity index (χ2v) is 7.01. The first-order chi connectivity index (χ1) is 12.5. The fourth-order valence-electron chi connectivity index (χ4n) is 3.33. The van der Waals surface area contributed by atoms with Crippen LogP contribution in [0, 0.1) is 0 Å². The molecule has 2 amide bonds. The van der Waals surface area contributed by atoms with E-state index in [0.717, 1.165) is 31.1 Å². The number of hydrogen-bond donors (Lipinski definition) is 0. The Balaban J connectivity index is 1.54. The van der Waals surface area contributed by atoms with Gasteiger partial charge in [-0.3, -0.25) is 19.3 Å². The summed E-state index contributed by atoms with van der Waals surface area (Å²) in [5.74, 6) is -0.217. The number of hydrogen-bond acceptors (Lipinski definition) is 3. The normalized spacial score (nSPS) is 14.5. The van der Waals surface area contributed by atoms with Crippen LogP contribution in [-0.4, -0.2) is 29.5 Å². The van der Waals surface area contributed by atoms with E-state index in [9.17, 15) is 14.4 Å². The molecule has 2 aromatic carbocycles. The number of benzene rings is 2. The lowest BCUT2D eigenvalue weighted by atomic mass is 9.94. The smallest absolute Gasteiger partial charge is 0.261 e. The third-order valence-electron chi connectivity index (χ3n) is 4.83. The van der Waals surface area contributed by atoms with Crippen LogP contribution in [0.2, 0.25) is 5.02 Å². The van der Waals surface area contributed by atoms with Crippen molar-refractivity contribution in [1.82, 2.24) is 4.90 Å². The summed E-state index contributed by atoms with van der Waals surface area (Å²) >= 11 is 6.24. The Morgan fingerprint density at radius 1 is 1.04 bits per heavy atom. The fraction of sp³-hybridized carbons (Fsp3) is 0.286. The van der Waals surface area contributed by atoms with Gasteiger partial charge in [0.25, 0.3) is 11.8 Å². The van der Waals surface area contributed by atoms with Crippen LogP contribution < -0.4 is 0 Å². The Hall–Kier alpha value is -2.46. The molecular formula is C21H20ClNO3. The van der Waals surface area contributed by atoms with Crippen LogP contribution in [0.25, 0.3) is 0 Å². The van der Waals surface area contributed by atoms with Crippen LogP contribution >= 0.6 is 11.6 Å². The van der Waals surface area contributed by atoms with Crippen molar-refractivity contribution in [1.29, 1.82) is 0 Å². The van der Waals surface area contributed by atoms with Gasteiger partial charge in [0.2, 0.25) is 0 Å². The Bertz CT molecular complexity index is 827. The minimum Gasteiger partial charge on any atom is -0.298 e. The van der Waals surface area contributed by atoms with Crippen molar-refractivity contribution in [3.63, 3.8) is 0 Å². The number of nitrogens with zero attached hydrogens (tertiary/aromatic N) is 1. The first-order valence-electron chi connectivity index (χ1n) is 8.72. The number of carbonyl (C=O) groups is 3. The molecule has 0 saturated heterocycles. The molecule has 134 valence electrons. The first-order valence-corrected chi connectivity index (χ1v) is 9.10. The van der Waals surface area contributed by atoms with Crippen LogP contribution in [0.15, 0.2) is 42.5 Å². The van der Waals surface area contributed by atoms with E-state index in [2.05, 4.69) is 6.92 Å². The zero-order valence-electron chi connectivity index (χ0n) is 14.6. The highest BCUT2D eigenvalue weighted by Gasteiger charge is 2.34. The second kappa shape index (κ2) is 7.83. The number of fused-ring (bicyclic) bond motifs is 1. The third-order valence-corrected chi connectivity index (χ3v) is 5.18. The molecule has 1 aliphatic rings. The number of carbonyl (C=O) groups excluding carboxylic acids is 3. The zero-order chi connectivity index (χ0) is 18.7. The fourth-order valence-corrected chi connectivity index (χ4v) is 3.64. The molecule has 2 aromatic rings. The van der Waals surface area contributed by atoms with E-state index in [1.807, 2.05) is 6.07 Å². The van der Waals surface area contributed by atoms with E-state index in [-0.39, 0.29) is 17.7 Å². The Labute approximate surface area is 157 Å². The van der Waals surface area contributed by atoms with Gasteiger partial charge in [0.1, 0.15) is 6.29 Å². The molecule has 0 aromatic heterocycles. The van der Waals surface area contributed by atoms with Gasteiger partial charge in [0.15, 0.2) is 0 Å². The summed E-state index contributed by atoms with van der Waals surface area (Å²) < 4.78 is 0. The van der Waals surface area contributed by atoms with Crippen molar-refractivity contribution in [2.24, 2.45) is 0 Å². The van der Waals surface area contributed by atoms with Crippen molar-refractivity contribution in [2.45, 2.75) is 32.1 Å². The van der Waals surface area contributed by atoms with Crippen molar-refractivity contribution in [3.8, 4) is 0 Å². The maximum atomic E-state index is 12.3. The molecule has 0 fully saturated rings. The Morgan fingerprint density at radius 3 is 2.31 bits per heavy atom. The number of amides is 2. The summed E-state index contributed by atoms with van der Waals surface area (Å²) in [7, 11) is 0. The maximum Gasteiger partial charge on any atom is 0.261 e. The van der Waals surface area contributed by atoms with Crippen molar-refractivity contribution in [2.75, 3.05) is 6.54 Å². The summed E-state index contributed by atoms with van der Waals surface area (Å²) in [5, 5.41) is 0.656. The highest BCUT2D eigenvalue weighted by molar-refractivity contribution is 6.31. The molecule has 0 radical (unpaired) electrons. The van der Waals surface area contributed by atoms with Gasteiger partial charge in [-0.1, -0.05) is 43.1 Å². The minimum atomic E-state index is -0.208. The molecule has 0 N–H and O–H groups in total. The second-order valence-electron chi connectivity index (χ2n) is 6.60. The molecule has 1 aliphatic heterocycles.